The molecule has 4 aromatic rings. The largest absolute Gasteiger partial charge is 0.495 e. The van der Waals surface area contributed by atoms with Crippen LogP contribution in [0.1, 0.15) is 31.2 Å². The lowest BCUT2D eigenvalue weighted by Gasteiger charge is -2.23. The molecule has 2 saturated carbocycles. The molecule has 1 N–H and O–H groups in total. The molecule has 0 radical (unpaired) electrons. The van der Waals surface area contributed by atoms with Gasteiger partial charge in [-0.2, -0.15) is 0 Å². The van der Waals surface area contributed by atoms with Crippen LogP contribution >= 0.6 is 0 Å². The molecule has 2 heterocycles. The minimum absolute atomic E-state index is 0.0208. The van der Waals surface area contributed by atoms with Crippen molar-refractivity contribution in [2.75, 3.05) is 11.8 Å². The maximum Gasteiger partial charge on any atom is 0.263 e. The van der Waals surface area contributed by atoms with Crippen LogP contribution in [0.5, 0.6) is 5.75 Å². The van der Waals surface area contributed by atoms with Gasteiger partial charge >= 0.3 is 0 Å². The van der Waals surface area contributed by atoms with Crippen LogP contribution in [0.25, 0.3) is 16.6 Å². The van der Waals surface area contributed by atoms with E-state index in [4.69, 9.17) is 4.74 Å². The molecule has 2 aliphatic rings. The number of pyridine rings is 1. The minimum atomic E-state index is -3.95. The standard InChI is InChI=1S/C27H26FN3O5S/c1-35-25-14-20(12-19-11-16-2-3-17(19)10-16)22(28)15-24(25)31-23-6-5-21(13-18(23)4-7-27(31)32)37(33,34)30-26-8-9-36-29-26/h4-9,13-17,19H,2-3,10-12H2,1H3,(H,29,30)/t16-,17+,19-/m0/s1. The van der Waals surface area contributed by atoms with E-state index in [0.717, 1.165) is 12.3 Å². The lowest BCUT2D eigenvalue weighted by atomic mass is 9.84. The smallest absolute Gasteiger partial charge is 0.263 e. The average molecular weight is 524 g/mol. The van der Waals surface area contributed by atoms with Gasteiger partial charge < -0.3 is 9.26 Å². The Morgan fingerprint density at radius 1 is 1.14 bits per heavy atom. The maximum absolute atomic E-state index is 15.4. The lowest BCUT2D eigenvalue weighted by molar-refractivity contribution is 0.327. The van der Waals surface area contributed by atoms with Crippen molar-refractivity contribution in [3.8, 4) is 11.4 Å². The van der Waals surface area contributed by atoms with Gasteiger partial charge in [0, 0.05) is 23.6 Å². The molecular formula is C27H26FN3O5S. The molecule has 8 nitrogen and oxygen atoms in total. The number of rotatable bonds is 7. The van der Waals surface area contributed by atoms with Crippen LogP contribution < -0.4 is 15.0 Å². The Balaban J connectivity index is 1.39. The topological polar surface area (TPSA) is 103 Å². The third-order valence-electron chi connectivity index (χ3n) is 7.81. The number of sulfonamides is 1. The van der Waals surface area contributed by atoms with Gasteiger partial charge in [0.1, 0.15) is 17.8 Å². The van der Waals surface area contributed by atoms with E-state index in [9.17, 15) is 13.2 Å². The molecule has 2 bridgehead atoms. The molecule has 0 saturated heterocycles. The van der Waals surface area contributed by atoms with Gasteiger partial charge in [-0.15, -0.1) is 0 Å². The highest BCUT2D eigenvalue weighted by Gasteiger charge is 2.39. The van der Waals surface area contributed by atoms with E-state index in [1.165, 1.54) is 79.7 Å². The number of fused-ring (bicyclic) bond motifs is 3. The second kappa shape index (κ2) is 9.02. The van der Waals surface area contributed by atoms with Gasteiger partial charge in [-0.25, -0.2) is 12.8 Å². The SMILES string of the molecule is COc1cc(C[C@@H]2C[C@H]3CC[C@@H]2C3)c(F)cc1-n1c(=O)ccc2cc(S(=O)(=O)Nc3ccon3)ccc21. The predicted octanol–water partition coefficient (Wildman–Crippen LogP) is 4.91. The number of halogens is 1. The summed E-state index contributed by atoms with van der Waals surface area (Å²) >= 11 is 0. The zero-order valence-corrected chi connectivity index (χ0v) is 21.0. The summed E-state index contributed by atoms with van der Waals surface area (Å²) in [7, 11) is -2.45. The van der Waals surface area contributed by atoms with Crippen molar-refractivity contribution in [3.63, 3.8) is 0 Å². The summed E-state index contributed by atoms with van der Waals surface area (Å²) in [5.41, 5.74) is 0.899. The number of aromatic nitrogens is 2. The summed E-state index contributed by atoms with van der Waals surface area (Å²) in [6.07, 6.45) is 6.82. The fourth-order valence-corrected chi connectivity index (χ4v) is 7.12. The molecule has 3 atom stereocenters. The van der Waals surface area contributed by atoms with Crippen LogP contribution in [0.2, 0.25) is 0 Å². The molecule has 6 rings (SSSR count). The van der Waals surface area contributed by atoms with Crippen LogP contribution in [0.3, 0.4) is 0 Å². The summed E-state index contributed by atoms with van der Waals surface area (Å²) < 4.78 is 55.0. The predicted molar refractivity (Wildman–Crippen MR) is 136 cm³/mol. The van der Waals surface area contributed by atoms with Crippen molar-refractivity contribution < 1.29 is 22.1 Å². The number of hydrogen-bond acceptors (Lipinski definition) is 6. The lowest BCUT2D eigenvalue weighted by Crippen LogP contribution is -2.19. The second-order valence-corrected chi connectivity index (χ2v) is 11.7. The van der Waals surface area contributed by atoms with Gasteiger partial charge in [0.2, 0.25) is 0 Å². The normalized spacial score (nSPS) is 21.0. The molecule has 37 heavy (non-hydrogen) atoms. The zero-order valence-electron chi connectivity index (χ0n) is 20.2. The Bertz CT molecular complexity index is 1650. The molecule has 0 spiro atoms. The molecule has 2 aromatic heterocycles. The summed E-state index contributed by atoms with van der Waals surface area (Å²) in [6, 6.07) is 11.6. The summed E-state index contributed by atoms with van der Waals surface area (Å²) in [5, 5.41) is 4.05. The summed E-state index contributed by atoms with van der Waals surface area (Å²) in [5.74, 6) is 1.98. The molecular weight excluding hydrogens is 497 g/mol. The molecule has 2 fully saturated rings. The van der Waals surface area contributed by atoms with Gasteiger partial charge in [0.05, 0.1) is 23.2 Å². The molecule has 2 aliphatic carbocycles. The highest BCUT2D eigenvalue weighted by atomic mass is 32.2. The van der Waals surface area contributed by atoms with Crippen molar-refractivity contribution in [3.05, 3.63) is 76.5 Å². The van der Waals surface area contributed by atoms with Crippen molar-refractivity contribution in [1.82, 2.24) is 9.72 Å². The second-order valence-electron chi connectivity index (χ2n) is 9.97. The third-order valence-corrected chi connectivity index (χ3v) is 9.16. The Morgan fingerprint density at radius 2 is 2.00 bits per heavy atom. The highest BCUT2D eigenvalue weighted by Crippen LogP contribution is 2.49. The zero-order chi connectivity index (χ0) is 25.7. The Labute approximate surface area is 213 Å². The molecule has 0 unspecified atom stereocenters. The van der Waals surface area contributed by atoms with Gasteiger partial charge in [-0.05, 0) is 79.3 Å². The molecule has 10 heteroatoms. The maximum atomic E-state index is 15.4. The van der Waals surface area contributed by atoms with E-state index in [-0.39, 0.29) is 27.8 Å². The quantitative estimate of drug-likeness (QED) is 0.369. The van der Waals surface area contributed by atoms with Gasteiger partial charge in [0.15, 0.2) is 5.82 Å². The van der Waals surface area contributed by atoms with E-state index >= 15 is 4.39 Å². The minimum Gasteiger partial charge on any atom is -0.495 e. The molecule has 2 aromatic carbocycles. The van der Waals surface area contributed by atoms with Gasteiger partial charge in [0.25, 0.3) is 15.6 Å². The number of hydrogen-bond donors (Lipinski definition) is 1. The van der Waals surface area contributed by atoms with Crippen LogP contribution in [0.4, 0.5) is 10.2 Å². The number of ether oxygens (including phenoxy) is 1. The Hall–Kier alpha value is -3.66. The van der Waals surface area contributed by atoms with Crippen molar-refractivity contribution in [2.24, 2.45) is 17.8 Å². The van der Waals surface area contributed by atoms with Crippen LogP contribution in [-0.4, -0.2) is 25.3 Å². The first kappa shape index (κ1) is 23.7. The number of nitrogens with one attached hydrogen (secondary N) is 1. The molecule has 0 amide bonds. The van der Waals surface area contributed by atoms with Crippen molar-refractivity contribution >= 4 is 26.7 Å². The first-order chi connectivity index (χ1) is 17.8. The van der Waals surface area contributed by atoms with Crippen molar-refractivity contribution in [1.29, 1.82) is 0 Å². The number of nitrogens with zero attached hydrogens (tertiary/aromatic N) is 2. The van der Waals surface area contributed by atoms with E-state index in [1.807, 2.05) is 0 Å². The van der Waals surface area contributed by atoms with E-state index in [1.54, 1.807) is 6.07 Å². The monoisotopic (exact) mass is 523 g/mol. The fraction of sp³-hybridized carbons (Fsp3) is 0.333. The third kappa shape index (κ3) is 4.29. The van der Waals surface area contributed by atoms with Crippen molar-refractivity contribution in [2.45, 2.75) is 37.0 Å². The number of anilines is 1. The number of methoxy groups -OCH3 is 1. The Morgan fingerprint density at radius 3 is 2.70 bits per heavy atom. The number of benzene rings is 2. The highest BCUT2D eigenvalue weighted by molar-refractivity contribution is 7.92. The molecule has 192 valence electrons. The van der Waals surface area contributed by atoms with Crippen LogP contribution in [0, 0.1) is 23.6 Å². The Kier molecular flexibility index (Phi) is 5.78. The fourth-order valence-electron chi connectivity index (χ4n) is 6.09. The van der Waals surface area contributed by atoms with Gasteiger partial charge in [-0.3, -0.25) is 14.1 Å². The summed E-state index contributed by atoms with van der Waals surface area (Å²) in [4.78, 5) is 13.0. The van der Waals surface area contributed by atoms with Gasteiger partial charge in [-0.1, -0.05) is 11.6 Å². The van der Waals surface area contributed by atoms with Crippen LogP contribution in [0.15, 0.2) is 69.0 Å². The van der Waals surface area contributed by atoms with Crippen LogP contribution in [-0.2, 0) is 16.4 Å². The van der Waals surface area contributed by atoms with E-state index in [2.05, 4.69) is 14.4 Å². The molecule has 0 aliphatic heterocycles. The first-order valence-corrected chi connectivity index (χ1v) is 13.8. The average Bonchev–Trinajstić information content (AvgIpc) is 3.64. The van der Waals surface area contributed by atoms with E-state index in [0.29, 0.717) is 40.5 Å². The summed E-state index contributed by atoms with van der Waals surface area (Å²) in [6.45, 7) is 0. The first-order valence-electron chi connectivity index (χ1n) is 12.3. The van der Waals surface area contributed by atoms with E-state index < -0.39 is 10.0 Å².